The highest BCUT2D eigenvalue weighted by Gasteiger charge is 2.24. The molecule has 4 heterocycles. The van der Waals surface area contributed by atoms with Crippen molar-refractivity contribution in [1.29, 1.82) is 0 Å². The van der Waals surface area contributed by atoms with Crippen molar-refractivity contribution in [3.63, 3.8) is 0 Å². The number of hydrogen-bond donors (Lipinski definition) is 4. The molecule has 0 amide bonds. The minimum absolute atomic E-state index is 0.000764. The maximum Gasteiger partial charge on any atom is 0.341 e. The van der Waals surface area contributed by atoms with Gasteiger partial charge in [-0.25, -0.2) is 19.7 Å². The van der Waals surface area contributed by atoms with Gasteiger partial charge in [-0.1, -0.05) is 35.5 Å². The molecule has 4 N–H and O–H groups in total. The lowest BCUT2D eigenvalue weighted by atomic mass is 10.1. The summed E-state index contributed by atoms with van der Waals surface area (Å²) in [5.74, 6) is 19.8. The summed E-state index contributed by atoms with van der Waals surface area (Å²) >= 11 is 0. The Bertz CT molecular complexity index is 3420. The van der Waals surface area contributed by atoms with E-state index >= 15 is 0 Å². The van der Waals surface area contributed by atoms with Crippen LogP contribution in [0.5, 0.6) is 17.2 Å². The number of nitrogens with zero attached hydrogens (tertiary/aromatic N) is 6. The quantitative estimate of drug-likeness (QED) is 0.0739. The van der Waals surface area contributed by atoms with Gasteiger partial charge in [0, 0.05) is 112 Å². The standard InChI is InChI=1S/C58H63N6O11P3/c1-40-27-52(73-4)18-15-46(40)12-9-43-30-49(59-55(33-43)76(6,67)68)36-62-21-22-63(37-50-31-44(34-56(60-50)77(7,69)70)10-13-47-16-19-53(74-5)28-41(47)2)24-26-64(25-23-62)38-51-32-45(35-57(61-51)78(8,71)72)11-14-48-17-20-54(29-42(48)3)75-39-58(65)66/h15-20,27-35H,21-26,36-39H2,1-8H3,(H,65,66)(H,67,68)(H,69,70)(H,71,72). The van der Waals surface area contributed by atoms with Gasteiger partial charge in [-0.2, -0.15) is 0 Å². The summed E-state index contributed by atoms with van der Waals surface area (Å²) in [6.45, 7) is 12.9. The van der Waals surface area contributed by atoms with Crippen LogP contribution in [-0.4, -0.2) is 135 Å². The first kappa shape index (κ1) is 58.8. The van der Waals surface area contributed by atoms with Gasteiger partial charge in [0.25, 0.3) is 0 Å². The average molecular weight is 1110 g/mol. The fraction of sp³-hybridized carbons (Fsp3) is 0.310. The number of carboxylic acid groups (broad SMARTS) is 1. The second kappa shape index (κ2) is 25.7. The zero-order valence-corrected chi connectivity index (χ0v) is 47.6. The number of carboxylic acids is 1. The fourth-order valence-corrected chi connectivity index (χ4v) is 10.5. The number of rotatable bonds is 14. The van der Waals surface area contributed by atoms with E-state index in [-0.39, 0.29) is 35.9 Å². The zero-order chi connectivity index (χ0) is 56.4. The van der Waals surface area contributed by atoms with Crippen LogP contribution in [-0.2, 0) is 38.1 Å². The van der Waals surface area contributed by atoms with Crippen molar-refractivity contribution in [2.24, 2.45) is 0 Å². The monoisotopic (exact) mass is 1110 g/mol. The molecular weight excluding hydrogens is 1050 g/mol. The first-order valence-corrected chi connectivity index (χ1v) is 31.2. The van der Waals surface area contributed by atoms with Gasteiger partial charge in [-0.05, 0) is 128 Å². The molecule has 406 valence electrons. The Kier molecular flexibility index (Phi) is 19.4. The van der Waals surface area contributed by atoms with Gasteiger partial charge in [0.1, 0.15) is 33.6 Å². The number of hydrogen-bond acceptors (Lipinski definition) is 13. The Labute approximate surface area is 456 Å². The molecular formula is C58H63N6O11P3. The summed E-state index contributed by atoms with van der Waals surface area (Å²) < 4.78 is 55.8. The lowest BCUT2D eigenvalue weighted by Crippen LogP contribution is -2.36. The van der Waals surface area contributed by atoms with E-state index in [1.807, 2.05) is 69.3 Å². The molecule has 0 radical (unpaired) electrons. The molecule has 1 saturated heterocycles. The normalized spacial score (nSPS) is 15.6. The third-order valence-electron chi connectivity index (χ3n) is 12.7. The number of benzene rings is 3. The Balaban J connectivity index is 1.23. The molecule has 0 saturated carbocycles. The number of aliphatic carboxylic acids is 1. The van der Waals surface area contributed by atoms with Crippen molar-refractivity contribution in [3.05, 3.63) is 158 Å². The van der Waals surface area contributed by atoms with E-state index in [4.69, 9.17) is 29.3 Å². The Morgan fingerprint density at radius 3 is 1.05 bits per heavy atom. The minimum atomic E-state index is -3.87. The smallest absolute Gasteiger partial charge is 0.341 e. The van der Waals surface area contributed by atoms with Crippen molar-refractivity contribution in [1.82, 2.24) is 29.7 Å². The van der Waals surface area contributed by atoms with E-state index in [0.717, 1.165) is 27.8 Å². The third kappa shape index (κ3) is 17.1. The van der Waals surface area contributed by atoms with Crippen LogP contribution in [0.15, 0.2) is 91.0 Å². The van der Waals surface area contributed by atoms with Gasteiger partial charge in [0.05, 0.1) is 31.3 Å². The van der Waals surface area contributed by atoms with E-state index in [1.54, 1.807) is 50.6 Å². The lowest BCUT2D eigenvalue weighted by Gasteiger charge is -2.26. The average Bonchev–Trinajstić information content (AvgIpc) is 3.50. The summed E-state index contributed by atoms with van der Waals surface area (Å²) in [4.78, 5) is 64.2. The highest BCUT2D eigenvalue weighted by molar-refractivity contribution is 7.65. The molecule has 0 bridgehead atoms. The van der Waals surface area contributed by atoms with Crippen molar-refractivity contribution in [3.8, 4) is 52.8 Å². The molecule has 3 atom stereocenters. The Hall–Kier alpha value is -6.89. The molecule has 3 unspecified atom stereocenters. The highest BCUT2D eigenvalue weighted by atomic mass is 31.2. The molecule has 6 aromatic rings. The van der Waals surface area contributed by atoms with Crippen LogP contribution >= 0.6 is 22.1 Å². The molecule has 3 aromatic heterocycles. The molecule has 1 aliphatic heterocycles. The van der Waals surface area contributed by atoms with Gasteiger partial charge in [-0.15, -0.1) is 0 Å². The van der Waals surface area contributed by atoms with Crippen LogP contribution in [0.3, 0.4) is 0 Å². The number of pyridine rings is 3. The Morgan fingerprint density at radius 2 is 0.782 bits per heavy atom. The number of aryl methyl sites for hydroxylation is 3. The van der Waals surface area contributed by atoms with E-state index in [9.17, 15) is 33.2 Å². The highest BCUT2D eigenvalue weighted by Crippen LogP contribution is 2.35. The summed E-state index contributed by atoms with van der Waals surface area (Å²) in [5, 5.41) is 9.04. The van der Waals surface area contributed by atoms with Crippen LogP contribution in [0.2, 0.25) is 0 Å². The summed E-state index contributed by atoms with van der Waals surface area (Å²) in [6.07, 6.45) is 0. The molecule has 3 aromatic carbocycles. The van der Waals surface area contributed by atoms with E-state index in [0.29, 0.717) is 95.9 Å². The van der Waals surface area contributed by atoms with Gasteiger partial charge in [0.2, 0.25) is 22.1 Å². The van der Waals surface area contributed by atoms with Crippen molar-refractivity contribution >= 4 is 44.4 Å². The maximum atomic E-state index is 13.2. The minimum Gasteiger partial charge on any atom is -0.497 e. The number of aromatic nitrogens is 3. The van der Waals surface area contributed by atoms with Crippen molar-refractivity contribution in [2.75, 3.05) is 80.1 Å². The predicted molar refractivity (Wildman–Crippen MR) is 302 cm³/mol. The maximum absolute atomic E-state index is 13.2. The number of ether oxygens (including phenoxy) is 3. The van der Waals surface area contributed by atoms with Crippen molar-refractivity contribution < 1.29 is 52.5 Å². The van der Waals surface area contributed by atoms with Crippen LogP contribution in [0.1, 0.15) is 67.2 Å². The van der Waals surface area contributed by atoms with E-state index in [1.165, 1.54) is 26.1 Å². The molecule has 0 aliphatic carbocycles. The fourth-order valence-electron chi connectivity index (χ4n) is 8.40. The molecule has 1 aliphatic rings. The van der Waals surface area contributed by atoms with E-state index < -0.39 is 34.7 Å². The summed E-state index contributed by atoms with van der Waals surface area (Å²) in [6, 6.07) is 26.3. The number of carbonyl (C=O) groups is 1. The molecule has 0 spiro atoms. The molecule has 20 heteroatoms. The number of methoxy groups -OCH3 is 2. The molecule has 1 fully saturated rings. The lowest BCUT2D eigenvalue weighted by molar-refractivity contribution is -0.139. The summed E-state index contributed by atoms with van der Waals surface area (Å²) in [5.41, 5.74) is 7.96. The van der Waals surface area contributed by atoms with Crippen LogP contribution in [0.4, 0.5) is 0 Å². The zero-order valence-electron chi connectivity index (χ0n) is 44.9. The first-order chi connectivity index (χ1) is 36.9. The first-order valence-electron chi connectivity index (χ1n) is 24.8. The van der Waals surface area contributed by atoms with Gasteiger partial charge < -0.3 is 34.0 Å². The molecule has 78 heavy (non-hydrogen) atoms. The van der Waals surface area contributed by atoms with Crippen molar-refractivity contribution in [2.45, 2.75) is 40.4 Å². The van der Waals surface area contributed by atoms with Crippen LogP contribution in [0.25, 0.3) is 0 Å². The molecule has 17 nitrogen and oxygen atoms in total. The predicted octanol–water partition coefficient (Wildman–Crippen LogP) is 5.87. The Morgan fingerprint density at radius 1 is 0.487 bits per heavy atom. The SMILES string of the molecule is COc1ccc(C#Cc2cc(CN3CCN(Cc4cc(C#Cc5ccc(OC)cc5C)cc(P(C)(=O)O)n4)CCN(Cc4cc(C#Cc5ccc(OCC(=O)O)cc5C)cc(P(C)(=O)O)n4)CC3)nc(P(C)(=O)O)c2)c(C)c1. The van der Waals surface area contributed by atoms with Crippen LogP contribution in [0, 0.1) is 56.3 Å². The van der Waals surface area contributed by atoms with Gasteiger partial charge in [0.15, 0.2) is 6.61 Å². The van der Waals surface area contributed by atoms with Gasteiger partial charge >= 0.3 is 5.97 Å². The second-order valence-electron chi connectivity index (χ2n) is 19.4. The van der Waals surface area contributed by atoms with E-state index in [2.05, 4.69) is 55.2 Å². The molecule has 7 rings (SSSR count). The topological polar surface area (TPSA) is 225 Å². The summed E-state index contributed by atoms with van der Waals surface area (Å²) in [7, 11) is -8.33. The van der Waals surface area contributed by atoms with Crippen LogP contribution < -0.4 is 30.5 Å². The second-order valence-corrected chi connectivity index (χ2v) is 26.0. The largest absolute Gasteiger partial charge is 0.497 e. The third-order valence-corrected chi connectivity index (χ3v) is 15.9. The van der Waals surface area contributed by atoms with Gasteiger partial charge in [-0.3, -0.25) is 28.4 Å².